The topological polar surface area (TPSA) is 83.9 Å². The summed E-state index contributed by atoms with van der Waals surface area (Å²) in [6.07, 6.45) is 0.238. The molecule has 0 bridgehead atoms. The molecule has 7 nitrogen and oxygen atoms in total. The molecular weight excluding hydrogens is 326 g/mol. The molecule has 3 aromatic rings. The molecule has 4 rings (SSSR count). The first-order valence-corrected chi connectivity index (χ1v) is 7.79. The minimum Gasteiger partial charge on any atom is -0.482 e. The van der Waals surface area contributed by atoms with Crippen LogP contribution in [0.5, 0.6) is 11.5 Å². The predicted octanol–water partition coefficient (Wildman–Crippen LogP) is 3.21. The zero-order valence-corrected chi connectivity index (χ0v) is 13.4. The van der Waals surface area contributed by atoms with Gasteiger partial charge in [0.15, 0.2) is 17.3 Å². The first kappa shape index (κ1) is 15.3. The van der Waals surface area contributed by atoms with E-state index in [0.29, 0.717) is 28.7 Å². The molecule has 2 aromatic heterocycles. The van der Waals surface area contributed by atoms with Gasteiger partial charge < -0.3 is 23.2 Å². The maximum atomic E-state index is 12.3. The Labute approximate surface area is 143 Å². The summed E-state index contributed by atoms with van der Waals surface area (Å²) in [4.78, 5) is 12.3. The number of esters is 1. The molecule has 0 fully saturated rings. The van der Waals surface area contributed by atoms with Crippen molar-refractivity contribution in [2.45, 2.75) is 25.7 Å². The summed E-state index contributed by atoms with van der Waals surface area (Å²) in [7, 11) is 0. The highest BCUT2D eigenvalue weighted by atomic mass is 16.6. The summed E-state index contributed by atoms with van der Waals surface area (Å²) >= 11 is 0. The van der Waals surface area contributed by atoms with Crippen molar-refractivity contribution in [1.29, 1.82) is 0 Å². The number of carbonyl (C=O) groups excluding carboxylic acids is 1. The van der Waals surface area contributed by atoms with E-state index in [1.54, 1.807) is 37.3 Å². The molecule has 2 atom stereocenters. The Morgan fingerprint density at radius 2 is 1.92 bits per heavy atom. The molecule has 1 aliphatic heterocycles. The van der Waals surface area contributed by atoms with Gasteiger partial charge in [0.1, 0.15) is 18.4 Å². The van der Waals surface area contributed by atoms with Crippen LogP contribution in [-0.4, -0.2) is 23.3 Å². The number of aromatic nitrogens is 1. The number of nitrogens with zero attached hydrogens (tertiary/aromatic N) is 1. The van der Waals surface area contributed by atoms with Gasteiger partial charge in [0.2, 0.25) is 11.9 Å². The van der Waals surface area contributed by atoms with Gasteiger partial charge in [-0.25, -0.2) is 4.79 Å². The van der Waals surface area contributed by atoms with E-state index in [1.807, 2.05) is 12.1 Å². The van der Waals surface area contributed by atoms with E-state index in [1.165, 1.54) is 6.26 Å². The minimum atomic E-state index is -0.841. The fourth-order valence-corrected chi connectivity index (χ4v) is 2.52. The van der Waals surface area contributed by atoms with Crippen LogP contribution >= 0.6 is 0 Å². The lowest BCUT2D eigenvalue weighted by Gasteiger charge is -2.30. The lowest BCUT2D eigenvalue weighted by Crippen LogP contribution is -2.44. The third-order valence-electron chi connectivity index (χ3n) is 3.76. The second-order valence-corrected chi connectivity index (χ2v) is 5.58. The largest absolute Gasteiger partial charge is 0.482 e. The number of hydrogen-bond donors (Lipinski definition) is 0. The van der Waals surface area contributed by atoms with Gasteiger partial charge in [-0.05, 0) is 31.2 Å². The van der Waals surface area contributed by atoms with Gasteiger partial charge in [0, 0.05) is 6.07 Å². The minimum absolute atomic E-state index is 0.0305. The molecule has 0 radical (unpaired) electrons. The quantitative estimate of drug-likeness (QED) is 0.674. The molecule has 0 saturated carbocycles. The van der Waals surface area contributed by atoms with Crippen molar-refractivity contribution in [3.8, 4) is 23.0 Å². The molecule has 128 valence electrons. The van der Waals surface area contributed by atoms with E-state index in [9.17, 15) is 4.79 Å². The highest BCUT2D eigenvalue weighted by Gasteiger charge is 2.35. The number of carbonyl (C=O) groups is 1. The molecule has 3 heterocycles. The van der Waals surface area contributed by atoms with E-state index in [-0.39, 0.29) is 6.61 Å². The van der Waals surface area contributed by atoms with Gasteiger partial charge in [-0.1, -0.05) is 17.3 Å². The first-order chi connectivity index (χ1) is 12.2. The van der Waals surface area contributed by atoms with Crippen LogP contribution in [0.1, 0.15) is 12.6 Å². The van der Waals surface area contributed by atoms with E-state index in [2.05, 4.69) is 5.16 Å². The summed E-state index contributed by atoms with van der Waals surface area (Å²) in [5.74, 6) is 1.63. The van der Waals surface area contributed by atoms with Crippen LogP contribution < -0.4 is 9.47 Å². The smallest absolute Gasteiger partial charge is 0.351 e. The Kier molecular flexibility index (Phi) is 3.89. The summed E-state index contributed by atoms with van der Waals surface area (Å²) in [5.41, 5.74) is 0.476. The summed E-state index contributed by atoms with van der Waals surface area (Å²) in [6.45, 7) is 1.73. The number of hydrogen-bond acceptors (Lipinski definition) is 7. The standard InChI is InChI=1S/C18H15NO6/c1-11-17(24-15-6-3-2-5-14(15)23-11)18(20)22-10-12-9-16(25-19-12)13-7-4-8-21-13/h2-9,11,17H,10H2,1H3. The van der Waals surface area contributed by atoms with Crippen LogP contribution in [0.25, 0.3) is 11.5 Å². The summed E-state index contributed by atoms with van der Waals surface area (Å²) < 4.78 is 27.1. The maximum absolute atomic E-state index is 12.3. The van der Waals surface area contributed by atoms with Gasteiger partial charge in [-0.2, -0.15) is 0 Å². The number of para-hydroxylation sites is 2. The van der Waals surface area contributed by atoms with Crippen LogP contribution in [0.3, 0.4) is 0 Å². The first-order valence-electron chi connectivity index (χ1n) is 7.79. The van der Waals surface area contributed by atoms with Gasteiger partial charge in [0.05, 0.1) is 6.26 Å². The Balaban J connectivity index is 1.39. The van der Waals surface area contributed by atoms with Gasteiger partial charge in [-0.3, -0.25) is 0 Å². The normalized spacial score (nSPS) is 18.8. The monoisotopic (exact) mass is 341 g/mol. The fourth-order valence-electron chi connectivity index (χ4n) is 2.52. The number of rotatable bonds is 4. The summed E-state index contributed by atoms with van der Waals surface area (Å²) in [5, 5.41) is 3.86. The second-order valence-electron chi connectivity index (χ2n) is 5.58. The second kappa shape index (κ2) is 6.35. The van der Waals surface area contributed by atoms with Crippen LogP contribution in [0.4, 0.5) is 0 Å². The number of benzene rings is 1. The van der Waals surface area contributed by atoms with Crippen molar-refractivity contribution in [3.63, 3.8) is 0 Å². The van der Waals surface area contributed by atoms with Crippen LogP contribution in [0.15, 0.2) is 57.7 Å². The highest BCUT2D eigenvalue weighted by Crippen LogP contribution is 2.33. The average Bonchev–Trinajstić information content (AvgIpc) is 3.30. The molecule has 7 heteroatoms. The molecule has 0 saturated heterocycles. The average molecular weight is 341 g/mol. The van der Waals surface area contributed by atoms with Crippen molar-refractivity contribution in [1.82, 2.24) is 5.16 Å². The number of fused-ring (bicyclic) bond motifs is 1. The van der Waals surface area contributed by atoms with Crippen molar-refractivity contribution in [2.24, 2.45) is 0 Å². The molecule has 0 aliphatic carbocycles. The third kappa shape index (κ3) is 3.08. The zero-order chi connectivity index (χ0) is 17.2. The van der Waals surface area contributed by atoms with E-state index in [0.717, 1.165) is 0 Å². The van der Waals surface area contributed by atoms with Gasteiger partial charge >= 0.3 is 5.97 Å². The molecular formula is C18H15NO6. The lowest BCUT2D eigenvalue weighted by molar-refractivity contribution is -0.159. The SMILES string of the molecule is CC1Oc2ccccc2OC1C(=O)OCc1cc(-c2ccco2)on1. The molecule has 0 N–H and O–H groups in total. The van der Waals surface area contributed by atoms with E-state index >= 15 is 0 Å². The maximum Gasteiger partial charge on any atom is 0.351 e. The number of furan rings is 1. The van der Waals surface area contributed by atoms with Crippen molar-refractivity contribution in [3.05, 3.63) is 54.4 Å². The molecule has 25 heavy (non-hydrogen) atoms. The Bertz CT molecular complexity index is 869. The van der Waals surface area contributed by atoms with Crippen LogP contribution in [0, 0.1) is 0 Å². The van der Waals surface area contributed by atoms with Crippen molar-refractivity contribution >= 4 is 5.97 Å². The molecule has 0 amide bonds. The Hall–Kier alpha value is -3.22. The molecule has 1 aromatic carbocycles. The molecule has 2 unspecified atom stereocenters. The van der Waals surface area contributed by atoms with Crippen LogP contribution in [0.2, 0.25) is 0 Å². The van der Waals surface area contributed by atoms with Crippen molar-refractivity contribution < 1.29 is 27.9 Å². The van der Waals surface area contributed by atoms with Crippen molar-refractivity contribution in [2.75, 3.05) is 0 Å². The highest BCUT2D eigenvalue weighted by molar-refractivity contribution is 5.76. The fraction of sp³-hybridized carbons (Fsp3) is 0.222. The van der Waals surface area contributed by atoms with Crippen LogP contribution in [-0.2, 0) is 16.1 Å². The molecule has 1 aliphatic rings. The van der Waals surface area contributed by atoms with Gasteiger partial charge in [0.25, 0.3) is 0 Å². The zero-order valence-electron chi connectivity index (χ0n) is 13.4. The predicted molar refractivity (Wildman–Crippen MR) is 84.9 cm³/mol. The Morgan fingerprint density at radius 1 is 1.12 bits per heavy atom. The Morgan fingerprint density at radius 3 is 2.68 bits per heavy atom. The number of ether oxygens (including phenoxy) is 3. The summed E-state index contributed by atoms with van der Waals surface area (Å²) in [6, 6.07) is 12.3. The van der Waals surface area contributed by atoms with E-state index in [4.69, 9.17) is 23.2 Å². The molecule has 0 spiro atoms. The lowest BCUT2D eigenvalue weighted by atomic mass is 10.2. The van der Waals surface area contributed by atoms with Gasteiger partial charge in [-0.15, -0.1) is 0 Å². The third-order valence-corrected chi connectivity index (χ3v) is 3.76. The van der Waals surface area contributed by atoms with E-state index < -0.39 is 18.2 Å².